The molecule has 5 nitrogen and oxygen atoms in total. The minimum Gasteiger partial charge on any atom is -0.378 e. The fraction of sp³-hybridized carbons (Fsp3) is 0.0833. The highest BCUT2D eigenvalue weighted by Crippen LogP contribution is 2.27. The second kappa shape index (κ2) is 6.51. The molecular weight excluding hydrogens is 413 g/mol. The molecule has 0 aliphatic rings. The fourth-order valence-corrected chi connectivity index (χ4v) is 2.44. The molecule has 0 radical (unpaired) electrons. The van der Waals surface area contributed by atoms with Crippen LogP contribution in [0.2, 0.25) is 5.15 Å². The Kier molecular flexibility index (Phi) is 4.95. The molecular formula is C12H8Br2ClN3O2. The van der Waals surface area contributed by atoms with Crippen LogP contribution >= 0.6 is 43.5 Å². The van der Waals surface area contributed by atoms with E-state index in [2.05, 4.69) is 42.2 Å². The fourth-order valence-electron chi connectivity index (χ4n) is 1.55. The lowest BCUT2D eigenvalue weighted by Gasteiger charge is -2.08. The number of rotatable bonds is 4. The average Bonchev–Trinajstić information content (AvgIpc) is 2.41. The maximum Gasteiger partial charge on any atom is 0.283 e. The third-order valence-corrected chi connectivity index (χ3v) is 3.90. The zero-order valence-electron chi connectivity index (χ0n) is 9.94. The van der Waals surface area contributed by atoms with Crippen molar-refractivity contribution in [2.75, 3.05) is 5.32 Å². The normalized spacial score (nSPS) is 10.3. The van der Waals surface area contributed by atoms with E-state index in [-0.39, 0.29) is 5.69 Å². The summed E-state index contributed by atoms with van der Waals surface area (Å²) < 4.78 is 1.25. The van der Waals surface area contributed by atoms with Crippen molar-refractivity contribution in [3.05, 3.63) is 60.2 Å². The highest BCUT2D eigenvalue weighted by molar-refractivity contribution is 9.10. The summed E-state index contributed by atoms with van der Waals surface area (Å²) >= 11 is 12.4. The molecule has 0 bridgehead atoms. The monoisotopic (exact) mass is 419 g/mol. The lowest BCUT2D eigenvalue weighted by Crippen LogP contribution is -2.01. The number of halogens is 3. The summed E-state index contributed by atoms with van der Waals surface area (Å²) in [5.74, 6) is 0. The third kappa shape index (κ3) is 3.68. The molecule has 1 aromatic carbocycles. The first-order chi connectivity index (χ1) is 9.47. The van der Waals surface area contributed by atoms with Crippen molar-refractivity contribution in [1.29, 1.82) is 0 Å². The quantitative estimate of drug-likeness (QED) is 0.438. The van der Waals surface area contributed by atoms with Gasteiger partial charge in [0.15, 0.2) is 5.15 Å². The summed E-state index contributed by atoms with van der Waals surface area (Å²) in [5.41, 5.74) is 1.46. The van der Waals surface area contributed by atoms with Gasteiger partial charge >= 0.3 is 0 Å². The van der Waals surface area contributed by atoms with Crippen molar-refractivity contribution in [3.8, 4) is 0 Å². The zero-order valence-corrected chi connectivity index (χ0v) is 13.9. The van der Waals surface area contributed by atoms with Crippen LogP contribution in [0.25, 0.3) is 0 Å². The van der Waals surface area contributed by atoms with Crippen LogP contribution in [0.4, 0.5) is 11.4 Å². The predicted molar refractivity (Wildman–Crippen MR) is 85.1 cm³/mol. The molecule has 0 saturated heterocycles. The van der Waals surface area contributed by atoms with Crippen molar-refractivity contribution >= 4 is 54.8 Å². The van der Waals surface area contributed by atoms with Crippen LogP contribution in [-0.4, -0.2) is 9.91 Å². The van der Waals surface area contributed by atoms with Crippen molar-refractivity contribution < 1.29 is 4.92 Å². The second-order valence-electron chi connectivity index (χ2n) is 3.89. The summed E-state index contributed by atoms with van der Waals surface area (Å²) in [7, 11) is 0. The van der Waals surface area contributed by atoms with Crippen LogP contribution in [0.3, 0.4) is 0 Å². The third-order valence-electron chi connectivity index (χ3n) is 2.50. The molecule has 0 aliphatic heterocycles. The molecule has 1 aromatic heterocycles. The van der Waals surface area contributed by atoms with Crippen molar-refractivity contribution in [3.63, 3.8) is 0 Å². The van der Waals surface area contributed by atoms with Gasteiger partial charge in [-0.15, -0.1) is 0 Å². The molecule has 0 aliphatic carbocycles. The minimum atomic E-state index is -0.429. The Bertz CT molecular complexity index is 667. The van der Waals surface area contributed by atoms with Gasteiger partial charge in [0.25, 0.3) is 5.69 Å². The van der Waals surface area contributed by atoms with Gasteiger partial charge in [-0.1, -0.05) is 17.7 Å². The minimum absolute atomic E-state index is 0.0303. The van der Waals surface area contributed by atoms with Crippen LogP contribution in [0.1, 0.15) is 5.56 Å². The first-order valence-electron chi connectivity index (χ1n) is 5.45. The lowest BCUT2D eigenvalue weighted by atomic mass is 10.2. The number of hydrogen-bond acceptors (Lipinski definition) is 4. The van der Waals surface area contributed by atoms with E-state index in [0.29, 0.717) is 21.9 Å². The van der Waals surface area contributed by atoms with E-state index in [1.807, 2.05) is 0 Å². The molecule has 0 fully saturated rings. The number of nitro groups is 1. The van der Waals surface area contributed by atoms with Crippen LogP contribution in [0.5, 0.6) is 0 Å². The van der Waals surface area contributed by atoms with Gasteiger partial charge in [0.2, 0.25) is 0 Å². The number of nitrogens with one attached hydrogen (secondary N) is 1. The molecule has 0 atom stereocenters. The Morgan fingerprint density at radius 3 is 2.80 bits per heavy atom. The first kappa shape index (κ1) is 15.2. The van der Waals surface area contributed by atoms with Crippen LogP contribution in [0, 0.1) is 10.1 Å². The highest BCUT2D eigenvalue weighted by atomic mass is 79.9. The summed E-state index contributed by atoms with van der Waals surface area (Å²) in [6.45, 7) is 0.409. The van der Waals surface area contributed by atoms with Gasteiger partial charge in [0, 0.05) is 23.3 Å². The maximum atomic E-state index is 10.9. The summed E-state index contributed by atoms with van der Waals surface area (Å²) in [5, 5.41) is 14.3. The number of pyridine rings is 1. The number of benzene rings is 1. The number of anilines is 1. The van der Waals surface area contributed by atoms with Crippen LogP contribution < -0.4 is 5.32 Å². The first-order valence-corrected chi connectivity index (χ1v) is 7.41. The van der Waals surface area contributed by atoms with E-state index in [9.17, 15) is 10.1 Å². The molecule has 0 amide bonds. The Morgan fingerprint density at radius 1 is 1.35 bits per heavy atom. The van der Waals surface area contributed by atoms with Gasteiger partial charge in [-0.2, -0.15) is 0 Å². The summed E-state index contributed by atoms with van der Waals surface area (Å²) in [4.78, 5) is 14.4. The molecule has 104 valence electrons. The lowest BCUT2D eigenvalue weighted by molar-refractivity contribution is -0.385. The van der Waals surface area contributed by atoms with Gasteiger partial charge in [0.1, 0.15) is 0 Å². The van der Waals surface area contributed by atoms with E-state index in [0.717, 1.165) is 10.0 Å². The van der Waals surface area contributed by atoms with Crippen molar-refractivity contribution in [1.82, 2.24) is 4.98 Å². The SMILES string of the molecule is O=[N+]([O-])c1cc(CNc2cc(Br)cnc2Cl)ccc1Br. The Labute approximate surface area is 136 Å². The standard InChI is InChI=1S/C12H8Br2ClN3O2/c13-8-4-10(12(15)17-6-8)16-5-7-1-2-9(14)11(3-7)18(19)20/h1-4,6,16H,5H2. The van der Waals surface area contributed by atoms with Gasteiger partial charge < -0.3 is 5.32 Å². The average molecular weight is 421 g/mol. The van der Waals surface area contributed by atoms with E-state index in [1.54, 1.807) is 24.4 Å². The zero-order chi connectivity index (χ0) is 14.7. The Morgan fingerprint density at radius 2 is 2.10 bits per heavy atom. The molecule has 8 heteroatoms. The smallest absolute Gasteiger partial charge is 0.283 e. The number of hydrogen-bond donors (Lipinski definition) is 1. The largest absolute Gasteiger partial charge is 0.378 e. The second-order valence-corrected chi connectivity index (χ2v) is 6.02. The summed E-state index contributed by atoms with van der Waals surface area (Å²) in [6, 6.07) is 6.75. The van der Waals surface area contributed by atoms with E-state index in [4.69, 9.17) is 11.6 Å². The molecule has 2 rings (SSSR count). The van der Waals surface area contributed by atoms with E-state index < -0.39 is 4.92 Å². The number of nitrogens with zero attached hydrogens (tertiary/aromatic N) is 2. The predicted octanol–water partition coefficient (Wildman–Crippen LogP) is 4.78. The van der Waals surface area contributed by atoms with Gasteiger partial charge in [-0.05, 0) is 49.6 Å². The van der Waals surface area contributed by atoms with E-state index >= 15 is 0 Å². The molecule has 2 aromatic rings. The Hall–Kier alpha value is -1.18. The van der Waals surface area contributed by atoms with Crippen LogP contribution in [0.15, 0.2) is 39.4 Å². The van der Waals surface area contributed by atoms with Gasteiger partial charge in [-0.3, -0.25) is 10.1 Å². The molecule has 0 saturated carbocycles. The summed E-state index contributed by atoms with van der Waals surface area (Å²) in [6.07, 6.45) is 1.60. The molecule has 0 spiro atoms. The molecule has 1 heterocycles. The number of aromatic nitrogens is 1. The van der Waals surface area contributed by atoms with Gasteiger partial charge in [0.05, 0.1) is 15.1 Å². The van der Waals surface area contributed by atoms with E-state index in [1.165, 1.54) is 6.07 Å². The van der Waals surface area contributed by atoms with Crippen molar-refractivity contribution in [2.45, 2.75) is 6.54 Å². The number of nitro benzene ring substituents is 1. The maximum absolute atomic E-state index is 10.9. The van der Waals surface area contributed by atoms with Gasteiger partial charge in [-0.25, -0.2) is 4.98 Å². The van der Waals surface area contributed by atoms with Crippen molar-refractivity contribution in [2.24, 2.45) is 0 Å². The molecule has 20 heavy (non-hydrogen) atoms. The van der Waals surface area contributed by atoms with Crippen LogP contribution in [-0.2, 0) is 6.54 Å². The highest BCUT2D eigenvalue weighted by Gasteiger charge is 2.12. The Balaban J connectivity index is 2.17. The molecule has 0 unspecified atom stereocenters. The molecule has 1 N–H and O–H groups in total. The topological polar surface area (TPSA) is 68.1 Å².